The predicted molar refractivity (Wildman–Crippen MR) is 49.0 cm³/mol. The molecule has 0 bridgehead atoms. The molecular weight excluding hydrogens is 220 g/mol. The van der Waals surface area contributed by atoms with Crippen LogP contribution in [0.4, 0.5) is 0 Å². The van der Waals surface area contributed by atoms with Crippen molar-refractivity contribution in [2.45, 2.75) is 4.90 Å². The van der Waals surface area contributed by atoms with Gasteiger partial charge in [-0.15, -0.1) is 5.10 Å². The molecule has 1 heterocycles. The Kier molecular flexibility index (Phi) is 2.21. The van der Waals surface area contributed by atoms with Gasteiger partial charge in [0, 0.05) is 0 Å². The first kappa shape index (κ1) is 9.74. The summed E-state index contributed by atoms with van der Waals surface area (Å²) in [4.78, 5) is -0.167. The lowest BCUT2D eigenvalue weighted by Crippen LogP contribution is -1.99. The molecule has 0 fully saturated rings. The monoisotopic (exact) mass is 226 g/mol. The highest BCUT2D eigenvalue weighted by molar-refractivity contribution is 7.85. The van der Waals surface area contributed by atoms with E-state index in [1.54, 1.807) is 0 Å². The lowest BCUT2D eigenvalue weighted by molar-refractivity contribution is 0.483. The van der Waals surface area contributed by atoms with E-state index in [4.69, 9.17) is 4.55 Å². The number of benzene rings is 1. The number of tetrazole rings is 1. The highest BCUT2D eigenvalue weighted by Gasteiger charge is 2.08. The van der Waals surface area contributed by atoms with Gasteiger partial charge in [0.25, 0.3) is 10.1 Å². The summed E-state index contributed by atoms with van der Waals surface area (Å²) >= 11 is 0. The fourth-order valence-corrected chi connectivity index (χ4v) is 1.53. The topological polar surface area (TPSA) is 98.0 Å². The van der Waals surface area contributed by atoms with Crippen molar-refractivity contribution in [2.24, 2.45) is 0 Å². The van der Waals surface area contributed by atoms with E-state index in [1.807, 2.05) is 0 Å². The van der Waals surface area contributed by atoms with Crippen molar-refractivity contribution in [1.82, 2.24) is 20.2 Å². The van der Waals surface area contributed by atoms with Crippen LogP contribution in [0.1, 0.15) is 0 Å². The van der Waals surface area contributed by atoms with Crippen LogP contribution in [0.5, 0.6) is 0 Å². The lowest BCUT2D eigenvalue weighted by atomic mass is 10.3. The Bertz CT molecular complexity index is 546. The molecule has 78 valence electrons. The van der Waals surface area contributed by atoms with Crippen LogP contribution in [0.2, 0.25) is 0 Å². The molecule has 0 saturated carbocycles. The van der Waals surface area contributed by atoms with Gasteiger partial charge in [-0.05, 0) is 34.7 Å². The Hall–Kier alpha value is -1.80. The van der Waals surface area contributed by atoms with E-state index in [9.17, 15) is 8.42 Å². The van der Waals surface area contributed by atoms with Crippen LogP contribution in [0, 0.1) is 0 Å². The molecule has 0 saturated heterocycles. The molecule has 0 aliphatic carbocycles. The highest BCUT2D eigenvalue weighted by Crippen LogP contribution is 2.11. The van der Waals surface area contributed by atoms with Gasteiger partial charge in [-0.25, -0.2) is 4.68 Å². The summed E-state index contributed by atoms with van der Waals surface area (Å²) in [6, 6.07) is 5.51. The fraction of sp³-hybridized carbons (Fsp3) is 0. The molecular formula is C7H6N4O3S. The Balaban J connectivity index is 2.42. The van der Waals surface area contributed by atoms with Crippen molar-refractivity contribution in [3.05, 3.63) is 30.6 Å². The Morgan fingerprint density at radius 3 is 2.33 bits per heavy atom. The molecule has 8 heteroatoms. The van der Waals surface area contributed by atoms with Gasteiger partial charge in [-0.3, -0.25) is 4.55 Å². The second-order valence-corrected chi connectivity index (χ2v) is 4.14. The Labute approximate surface area is 85.1 Å². The molecule has 1 N–H and O–H groups in total. The van der Waals surface area contributed by atoms with Crippen LogP contribution in [0.3, 0.4) is 0 Å². The van der Waals surface area contributed by atoms with E-state index in [2.05, 4.69) is 15.5 Å². The number of aromatic nitrogens is 4. The van der Waals surface area contributed by atoms with Crippen molar-refractivity contribution in [3.8, 4) is 5.69 Å². The summed E-state index contributed by atoms with van der Waals surface area (Å²) in [5, 5.41) is 10.5. The number of rotatable bonds is 2. The normalized spacial score (nSPS) is 11.5. The second-order valence-electron chi connectivity index (χ2n) is 2.72. The number of hydrogen-bond donors (Lipinski definition) is 1. The molecule has 0 amide bonds. The van der Waals surface area contributed by atoms with Crippen molar-refractivity contribution in [1.29, 1.82) is 0 Å². The molecule has 0 unspecified atom stereocenters. The van der Waals surface area contributed by atoms with Gasteiger partial charge >= 0.3 is 0 Å². The maximum absolute atomic E-state index is 10.7. The predicted octanol–water partition coefficient (Wildman–Crippen LogP) is -0.0910. The summed E-state index contributed by atoms with van der Waals surface area (Å²) in [6.45, 7) is 0. The first-order chi connectivity index (χ1) is 7.07. The first-order valence-corrected chi connectivity index (χ1v) is 5.32. The van der Waals surface area contributed by atoms with Crippen molar-refractivity contribution >= 4 is 10.1 Å². The van der Waals surface area contributed by atoms with Gasteiger partial charge in [-0.1, -0.05) is 0 Å². The van der Waals surface area contributed by atoms with Crippen LogP contribution >= 0.6 is 0 Å². The van der Waals surface area contributed by atoms with Crippen LogP contribution in [0.15, 0.2) is 35.5 Å². The third-order valence-electron chi connectivity index (χ3n) is 1.75. The molecule has 2 aromatic rings. The summed E-state index contributed by atoms with van der Waals surface area (Å²) < 4.78 is 31.6. The molecule has 0 spiro atoms. The zero-order valence-electron chi connectivity index (χ0n) is 7.35. The SMILES string of the molecule is O=S(=O)(O)c1ccc(-n2cnnn2)cc1. The molecule has 0 aliphatic heterocycles. The molecule has 0 atom stereocenters. The summed E-state index contributed by atoms with van der Waals surface area (Å²) in [5.41, 5.74) is 0.604. The van der Waals surface area contributed by atoms with Gasteiger partial charge in [-0.2, -0.15) is 8.42 Å². The van der Waals surface area contributed by atoms with Crippen molar-refractivity contribution in [2.75, 3.05) is 0 Å². The zero-order valence-corrected chi connectivity index (χ0v) is 8.16. The maximum Gasteiger partial charge on any atom is 0.294 e. The van der Waals surface area contributed by atoms with Gasteiger partial charge in [0.2, 0.25) is 0 Å². The molecule has 0 radical (unpaired) electrons. The lowest BCUT2D eigenvalue weighted by Gasteiger charge is -2.00. The molecule has 1 aromatic carbocycles. The maximum atomic E-state index is 10.7. The van der Waals surface area contributed by atoms with E-state index in [1.165, 1.54) is 35.3 Å². The minimum absolute atomic E-state index is 0.167. The van der Waals surface area contributed by atoms with Gasteiger partial charge in [0.15, 0.2) is 0 Å². The summed E-state index contributed by atoms with van der Waals surface area (Å²) in [6.07, 6.45) is 1.38. The minimum atomic E-state index is -4.15. The largest absolute Gasteiger partial charge is 0.294 e. The molecule has 15 heavy (non-hydrogen) atoms. The minimum Gasteiger partial charge on any atom is -0.282 e. The van der Waals surface area contributed by atoms with E-state index >= 15 is 0 Å². The first-order valence-electron chi connectivity index (χ1n) is 3.88. The van der Waals surface area contributed by atoms with Crippen LogP contribution in [0.25, 0.3) is 5.69 Å². The molecule has 1 aromatic heterocycles. The van der Waals surface area contributed by atoms with Gasteiger partial charge < -0.3 is 0 Å². The molecule has 0 aliphatic rings. The Morgan fingerprint density at radius 2 is 1.87 bits per heavy atom. The Morgan fingerprint density at radius 1 is 1.20 bits per heavy atom. The number of nitrogens with zero attached hydrogens (tertiary/aromatic N) is 4. The average molecular weight is 226 g/mol. The van der Waals surface area contributed by atoms with E-state index < -0.39 is 10.1 Å². The van der Waals surface area contributed by atoms with Crippen molar-refractivity contribution in [3.63, 3.8) is 0 Å². The smallest absolute Gasteiger partial charge is 0.282 e. The third kappa shape index (κ3) is 2.00. The summed E-state index contributed by atoms with van der Waals surface area (Å²) in [7, 11) is -4.15. The van der Waals surface area contributed by atoms with E-state index in [-0.39, 0.29) is 4.90 Å². The standard InChI is InChI=1S/C7H6N4O3S/c12-15(13,14)7-3-1-6(2-4-7)11-5-8-9-10-11/h1-5H,(H,12,13,14). The van der Waals surface area contributed by atoms with Crippen LogP contribution in [-0.4, -0.2) is 33.2 Å². The van der Waals surface area contributed by atoms with E-state index in [0.29, 0.717) is 5.69 Å². The fourth-order valence-electron chi connectivity index (χ4n) is 1.05. The average Bonchev–Trinajstić information content (AvgIpc) is 2.69. The molecule has 2 rings (SSSR count). The van der Waals surface area contributed by atoms with E-state index in [0.717, 1.165) is 0 Å². The molecule has 7 nitrogen and oxygen atoms in total. The van der Waals surface area contributed by atoms with Gasteiger partial charge in [0.1, 0.15) is 6.33 Å². The van der Waals surface area contributed by atoms with Crippen LogP contribution in [-0.2, 0) is 10.1 Å². The second kappa shape index (κ2) is 3.41. The summed E-state index contributed by atoms with van der Waals surface area (Å²) in [5.74, 6) is 0. The van der Waals surface area contributed by atoms with Crippen LogP contribution < -0.4 is 0 Å². The van der Waals surface area contributed by atoms with Gasteiger partial charge in [0.05, 0.1) is 10.6 Å². The highest BCUT2D eigenvalue weighted by atomic mass is 32.2. The zero-order chi connectivity index (χ0) is 10.9. The third-order valence-corrected chi connectivity index (χ3v) is 2.62. The number of hydrogen-bond acceptors (Lipinski definition) is 5. The quantitative estimate of drug-likeness (QED) is 0.718. The van der Waals surface area contributed by atoms with Crippen molar-refractivity contribution < 1.29 is 13.0 Å².